The van der Waals surface area contributed by atoms with Crippen LogP contribution in [0.15, 0.2) is 54.6 Å². The van der Waals surface area contributed by atoms with Gasteiger partial charge in [0.25, 0.3) is 0 Å². The molecule has 138 valence electrons. The summed E-state index contributed by atoms with van der Waals surface area (Å²) in [6.45, 7) is 5.83. The van der Waals surface area contributed by atoms with Gasteiger partial charge in [0, 0.05) is 57.7 Å². The molecule has 3 rings (SSSR count). The Bertz CT molecular complexity index is 694. The van der Waals surface area contributed by atoms with Gasteiger partial charge in [-0.3, -0.25) is 9.69 Å². The molecule has 1 saturated heterocycles. The highest BCUT2D eigenvalue weighted by molar-refractivity contribution is 5.78. The van der Waals surface area contributed by atoms with Gasteiger partial charge in [-0.15, -0.1) is 0 Å². The lowest BCUT2D eigenvalue weighted by atomic mass is 10.1. The van der Waals surface area contributed by atoms with Gasteiger partial charge in [0.15, 0.2) is 0 Å². The first-order valence-electron chi connectivity index (χ1n) is 9.22. The number of hydrogen-bond acceptors (Lipinski definition) is 4. The van der Waals surface area contributed by atoms with E-state index in [1.54, 1.807) is 0 Å². The van der Waals surface area contributed by atoms with E-state index in [2.05, 4.69) is 40.1 Å². The minimum absolute atomic E-state index is 0.151. The van der Waals surface area contributed by atoms with E-state index in [0.29, 0.717) is 6.42 Å². The Morgan fingerprint density at radius 1 is 1.00 bits per heavy atom. The number of likely N-dealkylation sites (N-methyl/N-ethyl adjacent to an activating group) is 1. The fraction of sp³-hybridized carbons (Fsp3) is 0.381. The van der Waals surface area contributed by atoms with Crippen LogP contribution in [-0.4, -0.2) is 62.0 Å². The molecule has 1 aliphatic rings. The lowest BCUT2D eigenvalue weighted by molar-refractivity contribution is -0.129. The third kappa shape index (κ3) is 4.99. The Balaban J connectivity index is 1.40. The number of anilines is 2. The summed E-state index contributed by atoms with van der Waals surface area (Å²) in [4.78, 5) is 19.1. The fourth-order valence-corrected chi connectivity index (χ4v) is 3.23. The fourth-order valence-electron chi connectivity index (χ4n) is 3.23. The van der Waals surface area contributed by atoms with Gasteiger partial charge in [-0.25, -0.2) is 0 Å². The van der Waals surface area contributed by atoms with E-state index in [0.717, 1.165) is 50.5 Å². The molecule has 0 saturated carbocycles. The molecule has 0 radical (unpaired) electrons. The number of amides is 1. The molecule has 0 spiro atoms. The van der Waals surface area contributed by atoms with Gasteiger partial charge in [0.2, 0.25) is 5.91 Å². The average Bonchev–Trinajstić information content (AvgIpc) is 2.69. The van der Waals surface area contributed by atoms with E-state index in [1.165, 1.54) is 5.69 Å². The zero-order valence-electron chi connectivity index (χ0n) is 15.5. The van der Waals surface area contributed by atoms with E-state index < -0.39 is 0 Å². The molecule has 0 atom stereocenters. The molecule has 5 nitrogen and oxygen atoms in total. The van der Waals surface area contributed by atoms with E-state index >= 15 is 0 Å². The van der Waals surface area contributed by atoms with Crippen LogP contribution in [0.3, 0.4) is 0 Å². The van der Waals surface area contributed by atoms with E-state index in [1.807, 2.05) is 36.2 Å². The Kier molecular flexibility index (Phi) is 6.12. The molecule has 5 heteroatoms. The lowest BCUT2D eigenvalue weighted by Gasteiger charge is -2.36. The Hall–Kier alpha value is -2.53. The molecule has 0 aromatic heterocycles. The molecular formula is C21H28N4O. The number of para-hydroxylation sites is 1. The van der Waals surface area contributed by atoms with Crippen molar-refractivity contribution in [2.45, 2.75) is 6.42 Å². The molecular weight excluding hydrogens is 324 g/mol. The van der Waals surface area contributed by atoms with Crippen molar-refractivity contribution in [2.24, 2.45) is 0 Å². The maximum atomic E-state index is 12.4. The zero-order chi connectivity index (χ0) is 18.4. The van der Waals surface area contributed by atoms with Crippen LogP contribution in [0.4, 0.5) is 11.4 Å². The number of benzene rings is 2. The average molecular weight is 352 g/mol. The minimum atomic E-state index is 0.151. The highest BCUT2D eigenvalue weighted by Gasteiger charge is 2.18. The first kappa shape index (κ1) is 18.3. The van der Waals surface area contributed by atoms with Gasteiger partial charge in [0.05, 0.1) is 6.42 Å². The standard InChI is InChI=1S/C21H28N4O/c1-23(21(26)17-18-7-9-19(22)10-8-18)11-12-24-13-15-25(16-14-24)20-5-3-2-4-6-20/h2-10H,11-17,22H2,1H3. The monoisotopic (exact) mass is 352 g/mol. The number of nitrogens with zero attached hydrogens (tertiary/aromatic N) is 3. The summed E-state index contributed by atoms with van der Waals surface area (Å²) in [5.41, 5.74) is 8.72. The highest BCUT2D eigenvalue weighted by atomic mass is 16.2. The summed E-state index contributed by atoms with van der Waals surface area (Å²) in [5.74, 6) is 0.151. The van der Waals surface area contributed by atoms with Crippen LogP contribution in [0.2, 0.25) is 0 Å². The summed E-state index contributed by atoms with van der Waals surface area (Å²) in [6.07, 6.45) is 0.429. The van der Waals surface area contributed by atoms with Crippen molar-refractivity contribution < 1.29 is 4.79 Å². The Morgan fingerprint density at radius 3 is 2.31 bits per heavy atom. The molecule has 0 unspecified atom stereocenters. The Labute approximate surface area is 156 Å². The van der Waals surface area contributed by atoms with E-state index in [-0.39, 0.29) is 5.91 Å². The Morgan fingerprint density at radius 2 is 1.65 bits per heavy atom. The topological polar surface area (TPSA) is 52.8 Å². The lowest BCUT2D eigenvalue weighted by Crippen LogP contribution is -2.48. The normalized spacial score (nSPS) is 15.0. The first-order chi connectivity index (χ1) is 12.6. The molecule has 1 fully saturated rings. The predicted octanol–water partition coefficient (Wildman–Crippen LogP) is 2.09. The van der Waals surface area contributed by atoms with Crippen molar-refractivity contribution in [1.82, 2.24) is 9.80 Å². The van der Waals surface area contributed by atoms with Gasteiger partial charge in [-0.1, -0.05) is 30.3 Å². The van der Waals surface area contributed by atoms with Crippen LogP contribution >= 0.6 is 0 Å². The van der Waals surface area contributed by atoms with Crippen LogP contribution in [0.1, 0.15) is 5.56 Å². The van der Waals surface area contributed by atoms with Gasteiger partial charge >= 0.3 is 0 Å². The maximum absolute atomic E-state index is 12.4. The first-order valence-corrected chi connectivity index (χ1v) is 9.22. The van der Waals surface area contributed by atoms with E-state index in [4.69, 9.17) is 5.73 Å². The van der Waals surface area contributed by atoms with Crippen molar-refractivity contribution in [3.8, 4) is 0 Å². The molecule has 2 aromatic rings. The van der Waals surface area contributed by atoms with Gasteiger partial charge in [-0.05, 0) is 29.8 Å². The number of piperazine rings is 1. The van der Waals surface area contributed by atoms with Crippen LogP contribution in [0, 0.1) is 0 Å². The van der Waals surface area contributed by atoms with Crippen LogP contribution in [0.5, 0.6) is 0 Å². The van der Waals surface area contributed by atoms with Gasteiger partial charge in [-0.2, -0.15) is 0 Å². The van der Waals surface area contributed by atoms with E-state index in [9.17, 15) is 4.79 Å². The number of nitrogens with two attached hydrogens (primary N) is 1. The van der Waals surface area contributed by atoms with Crippen LogP contribution in [-0.2, 0) is 11.2 Å². The molecule has 0 bridgehead atoms. The number of hydrogen-bond donors (Lipinski definition) is 1. The molecule has 1 aliphatic heterocycles. The molecule has 26 heavy (non-hydrogen) atoms. The third-order valence-electron chi connectivity index (χ3n) is 5.01. The van der Waals surface area contributed by atoms with Gasteiger partial charge < -0.3 is 15.5 Å². The number of carbonyl (C=O) groups excluding carboxylic acids is 1. The molecule has 1 heterocycles. The SMILES string of the molecule is CN(CCN1CCN(c2ccccc2)CC1)C(=O)Cc1ccc(N)cc1. The second-order valence-electron chi connectivity index (χ2n) is 6.90. The van der Waals surface area contributed by atoms with Crippen LogP contribution in [0.25, 0.3) is 0 Å². The number of carbonyl (C=O) groups is 1. The van der Waals surface area contributed by atoms with Crippen LogP contribution < -0.4 is 10.6 Å². The quantitative estimate of drug-likeness (QED) is 0.809. The highest BCUT2D eigenvalue weighted by Crippen LogP contribution is 2.15. The summed E-state index contributed by atoms with van der Waals surface area (Å²) in [6, 6.07) is 18.1. The molecule has 1 amide bonds. The molecule has 2 aromatic carbocycles. The van der Waals surface area contributed by atoms with Gasteiger partial charge in [0.1, 0.15) is 0 Å². The van der Waals surface area contributed by atoms with Crippen molar-refractivity contribution in [2.75, 3.05) is 56.9 Å². The smallest absolute Gasteiger partial charge is 0.226 e. The zero-order valence-corrected chi connectivity index (χ0v) is 15.5. The summed E-state index contributed by atoms with van der Waals surface area (Å²) in [5, 5.41) is 0. The minimum Gasteiger partial charge on any atom is -0.399 e. The maximum Gasteiger partial charge on any atom is 0.226 e. The third-order valence-corrected chi connectivity index (χ3v) is 5.01. The molecule has 0 aliphatic carbocycles. The number of nitrogen functional groups attached to an aromatic ring is 1. The largest absolute Gasteiger partial charge is 0.399 e. The second kappa shape index (κ2) is 8.72. The summed E-state index contributed by atoms with van der Waals surface area (Å²) < 4.78 is 0. The predicted molar refractivity (Wildman–Crippen MR) is 107 cm³/mol. The number of rotatable bonds is 6. The van der Waals surface area contributed by atoms with Crippen molar-refractivity contribution in [3.05, 3.63) is 60.2 Å². The summed E-state index contributed by atoms with van der Waals surface area (Å²) >= 11 is 0. The van der Waals surface area contributed by atoms with Crippen molar-refractivity contribution >= 4 is 17.3 Å². The molecule has 2 N–H and O–H groups in total. The van der Waals surface area contributed by atoms with Crippen molar-refractivity contribution in [1.29, 1.82) is 0 Å². The summed E-state index contributed by atoms with van der Waals surface area (Å²) in [7, 11) is 1.89. The van der Waals surface area contributed by atoms with Crippen molar-refractivity contribution in [3.63, 3.8) is 0 Å². The second-order valence-corrected chi connectivity index (χ2v) is 6.90.